The molecule has 1 fully saturated rings. The van der Waals surface area contributed by atoms with Crippen LogP contribution in [0.2, 0.25) is 0 Å². The number of nitrogens with two attached hydrogens (primary N) is 1. The van der Waals surface area contributed by atoms with Crippen molar-refractivity contribution in [3.05, 3.63) is 83.8 Å². The maximum atomic E-state index is 15.3. The summed E-state index contributed by atoms with van der Waals surface area (Å²) < 4.78 is 35.4. The number of nitrogens with one attached hydrogen (secondary N) is 2. The van der Waals surface area contributed by atoms with Crippen LogP contribution >= 0.6 is 0 Å². The van der Waals surface area contributed by atoms with Crippen molar-refractivity contribution in [2.45, 2.75) is 44.7 Å². The third-order valence-electron chi connectivity index (χ3n) is 8.40. The Kier molecular flexibility index (Phi) is 7.15. The number of imidazole rings is 1. The van der Waals surface area contributed by atoms with E-state index < -0.39 is 18.1 Å². The number of nitrogens with zero attached hydrogens (tertiary/aromatic N) is 2. The molecule has 0 spiro atoms. The molecule has 2 aliphatic rings. The SMILES string of the molecule is COC(=O)N[C@H](C(=O)N1CCC[C@H]1c1ncc(-c2ccc(-c3ccc4c(c3)C(F)(F)c3cc(N)ccc3-4)cc2)[nH]1)C(C)C. The summed E-state index contributed by atoms with van der Waals surface area (Å²) in [6, 6.07) is 16.5. The molecule has 1 saturated heterocycles. The Labute approximate surface area is 248 Å². The molecule has 3 aromatic carbocycles. The lowest BCUT2D eigenvalue weighted by molar-refractivity contribution is -0.135. The number of aromatic amines is 1. The molecule has 6 rings (SSSR count). The second kappa shape index (κ2) is 10.8. The molecule has 222 valence electrons. The van der Waals surface area contributed by atoms with Gasteiger partial charge in [0.25, 0.3) is 5.92 Å². The maximum Gasteiger partial charge on any atom is 0.407 e. The number of carbonyl (C=O) groups excluding carboxylic acids is 2. The summed E-state index contributed by atoms with van der Waals surface area (Å²) in [4.78, 5) is 35.0. The van der Waals surface area contributed by atoms with Crippen LogP contribution in [0.15, 0.2) is 66.9 Å². The van der Waals surface area contributed by atoms with Crippen LogP contribution in [0.3, 0.4) is 0 Å². The van der Waals surface area contributed by atoms with Gasteiger partial charge in [0.05, 0.1) is 25.0 Å². The molecule has 1 aromatic heterocycles. The number of rotatable bonds is 6. The standard InChI is InChI=1S/C33H33F2N5O3/c1-18(2)29(39-32(42)43-3)31(41)40-14-4-5-28(40)30-37-17-27(38-30)20-8-6-19(7-9-20)21-10-12-23-24-13-11-22(36)16-26(24)33(34,35)25(23)15-21/h6-13,15-18,28-29H,4-5,14,36H2,1-3H3,(H,37,38)(H,39,42)/t28-,29-/m0/s1. The third kappa shape index (κ3) is 5.00. The number of hydrogen-bond donors (Lipinski definition) is 3. The van der Waals surface area contributed by atoms with Gasteiger partial charge in [0.1, 0.15) is 11.9 Å². The number of alkyl carbamates (subject to hydrolysis) is 1. The fraction of sp³-hybridized carbons (Fsp3) is 0.303. The summed E-state index contributed by atoms with van der Waals surface area (Å²) >= 11 is 0. The Hall–Kier alpha value is -4.73. The van der Waals surface area contributed by atoms with Crippen LogP contribution in [-0.2, 0) is 15.5 Å². The summed E-state index contributed by atoms with van der Waals surface area (Å²) in [6.07, 6.45) is 2.66. The third-order valence-corrected chi connectivity index (χ3v) is 8.40. The highest BCUT2D eigenvalue weighted by Crippen LogP contribution is 2.52. The Morgan fingerprint density at radius 2 is 1.67 bits per heavy atom. The predicted octanol–water partition coefficient (Wildman–Crippen LogP) is 6.49. The molecule has 2 amide bonds. The van der Waals surface area contributed by atoms with E-state index in [1.165, 1.54) is 13.2 Å². The number of aromatic nitrogens is 2. The fourth-order valence-corrected chi connectivity index (χ4v) is 6.11. The molecule has 2 heterocycles. The van der Waals surface area contributed by atoms with E-state index in [0.717, 1.165) is 29.7 Å². The summed E-state index contributed by atoms with van der Waals surface area (Å²) in [7, 11) is 1.27. The molecular formula is C33H33F2N5O3. The highest BCUT2D eigenvalue weighted by atomic mass is 19.3. The van der Waals surface area contributed by atoms with Crippen LogP contribution in [0.1, 0.15) is 49.7 Å². The van der Waals surface area contributed by atoms with Crippen molar-refractivity contribution in [3.8, 4) is 33.5 Å². The first kappa shape index (κ1) is 28.4. The number of halogens is 2. The Bertz CT molecular complexity index is 1700. The minimum absolute atomic E-state index is 0.0231. The zero-order valence-corrected chi connectivity index (χ0v) is 24.2. The van der Waals surface area contributed by atoms with Gasteiger partial charge in [-0.25, -0.2) is 9.78 Å². The topological polar surface area (TPSA) is 113 Å². The number of benzene rings is 3. The van der Waals surface area contributed by atoms with Gasteiger partial charge in [0.15, 0.2) is 0 Å². The highest BCUT2D eigenvalue weighted by molar-refractivity contribution is 5.86. The number of alkyl halides is 2. The number of anilines is 1. The van der Waals surface area contributed by atoms with Crippen LogP contribution in [0.4, 0.5) is 19.3 Å². The molecule has 0 radical (unpaired) electrons. The van der Waals surface area contributed by atoms with Crippen LogP contribution in [0.5, 0.6) is 0 Å². The monoisotopic (exact) mass is 585 g/mol. The minimum Gasteiger partial charge on any atom is -0.453 e. The summed E-state index contributed by atoms with van der Waals surface area (Å²) in [5.41, 5.74) is 10.2. The quantitative estimate of drug-likeness (QED) is 0.224. The number of ether oxygens (including phenoxy) is 1. The predicted molar refractivity (Wildman–Crippen MR) is 160 cm³/mol. The fourth-order valence-electron chi connectivity index (χ4n) is 6.11. The Balaban J connectivity index is 1.21. The van der Waals surface area contributed by atoms with Crippen molar-refractivity contribution in [2.24, 2.45) is 5.92 Å². The van der Waals surface area contributed by atoms with E-state index in [-0.39, 0.29) is 29.0 Å². The van der Waals surface area contributed by atoms with Crippen LogP contribution in [0.25, 0.3) is 33.5 Å². The van der Waals surface area contributed by atoms with E-state index in [0.29, 0.717) is 34.7 Å². The zero-order chi connectivity index (χ0) is 30.5. The van der Waals surface area contributed by atoms with Gasteiger partial charge in [-0.15, -0.1) is 0 Å². The van der Waals surface area contributed by atoms with Crippen molar-refractivity contribution in [1.29, 1.82) is 0 Å². The maximum absolute atomic E-state index is 15.3. The van der Waals surface area contributed by atoms with Crippen molar-refractivity contribution in [2.75, 3.05) is 19.4 Å². The number of likely N-dealkylation sites (tertiary alicyclic amines) is 1. The van der Waals surface area contributed by atoms with E-state index in [1.807, 2.05) is 44.2 Å². The smallest absolute Gasteiger partial charge is 0.407 e. The first-order valence-corrected chi connectivity index (χ1v) is 14.3. The number of methoxy groups -OCH3 is 1. The van der Waals surface area contributed by atoms with Gasteiger partial charge in [0, 0.05) is 23.4 Å². The molecule has 4 N–H and O–H groups in total. The van der Waals surface area contributed by atoms with E-state index in [2.05, 4.69) is 15.3 Å². The number of amides is 2. The Morgan fingerprint density at radius 1 is 1.02 bits per heavy atom. The number of hydrogen-bond acceptors (Lipinski definition) is 5. The van der Waals surface area contributed by atoms with Gasteiger partial charge in [-0.05, 0) is 64.8 Å². The average molecular weight is 586 g/mol. The lowest BCUT2D eigenvalue weighted by atomic mass is 9.97. The molecule has 4 aromatic rings. The van der Waals surface area contributed by atoms with Crippen LogP contribution < -0.4 is 11.1 Å². The van der Waals surface area contributed by atoms with Gasteiger partial charge in [-0.2, -0.15) is 8.78 Å². The summed E-state index contributed by atoms with van der Waals surface area (Å²) in [5, 5.41) is 2.66. The molecular weight excluding hydrogens is 552 g/mol. The molecule has 0 bridgehead atoms. The van der Waals surface area contributed by atoms with Gasteiger partial charge in [-0.1, -0.05) is 56.3 Å². The number of nitrogen functional groups attached to an aromatic ring is 1. The van der Waals surface area contributed by atoms with Crippen LogP contribution in [-0.4, -0.2) is 46.6 Å². The molecule has 1 aliphatic heterocycles. The first-order valence-electron chi connectivity index (χ1n) is 14.3. The first-order chi connectivity index (χ1) is 20.6. The van der Waals surface area contributed by atoms with Gasteiger partial charge in [0.2, 0.25) is 5.91 Å². The number of fused-ring (bicyclic) bond motifs is 3. The van der Waals surface area contributed by atoms with E-state index >= 15 is 8.78 Å². The second-order valence-electron chi connectivity index (χ2n) is 11.4. The van der Waals surface area contributed by atoms with E-state index in [9.17, 15) is 9.59 Å². The number of carbonyl (C=O) groups is 2. The molecule has 0 saturated carbocycles. The summed E-state index contributed by atoms with van der Waals surface area (Å²) in [5.74, 6) is -2.74. The molecule has 0 unspecified atom stereocenters. The largest absolute Gasteiger partial charge is 0.453 e. The van der Waals surface area contributed by atoms with Gasteiger partial charge < -0.3 is 25.7 Å². The molecule has 10 heteroatoms. The van der Waals surface area contributed by atoms with Crippen molar-refractivity contribution in [1.82, 2.24) is 20.2 Å². The lowest BCUT2D eigenvalue weighted by Crippen LogP contribution is -2.51. The van der Waals surface area contributed by atoms with Gasteiger partial charge >= 0.3 is 6.09 Å². The van der Waals surface area contributed by atoms with Crippen molar-refractivity contribution < 1.29 is 23.1 Å². The van der Waals surface area contributed by atoms with Crippen LogP contribution in [0, 0.1) is 5.92 Å². The number of H-pyrrole nitrogens is 1. The molecule has 8 nitrogen and oxygen atoms in total. The highest BCUT2D eigenvalue weighted by Gasteiger charge is 2.44. The van der Waals surface area contributed by atoms with E-state index in [1.54, 1.807) is 35.4 Å². The zero-order valence-electron chi connectivity index (χ0n) is 24.2. The average Bonchev–Trinajstić information content (AvgIpc) is 3.73. The molecule has 1 aliphatic carbocycles. The van der Waals surface area contributed by atoms with E-state index in [4.69, 9.17) is 10.5 Å². The Morgan fingerprint density at radius 3 is 2.37 bits per heavy atom. The summed E-state index contributed by atoms with van der Waals surface area (Å²) in [6.45, 7) is 4.32. The molecule has 2 atom stereocenters. The minimum atomic E-state index is -3.12. The normalized spacial score (nSPS) is 17.4. The van der Waals surface area contributed by atoms with Crippen molar-refractivity contribution >= 4 is 17.7 Å². The van der Waals surface area contributed by atoms with Crippen molar-refractivity contribution in [3.63, 3.8) is 0 Å². The second-order valence-corrected chi connectivity index (χ2v) is 11.4. The molecule has 43 heavy (non-hydrogen) atoms. The van der Waals surface area contributed by atoms with Gasteiger partial charge in [-0.3, -0.25) is 4.79 Å². The lowest BCUT2D eigenvalue weighted by Gasteiger charge is -2.30.